The van der Waals surface area contributed by atoms with Gasteiger partial charge in [0.05, 0.1) is 0 Å². The van der Waals surface area contributed by atoms with E-state index in [1.54, 1.807) is 0 Å². The van der Waals surface area contributed by atoms with Crippen molar-refractivity contribution >= 4 is 5.57 Å². The van der Waals surface area contributed by atoms with Gasteiger partial charge in [-0.15, -0.1) is 0 Å². The van der Waals surface area contributed by atoms with Crippen LogP contribution in [0.1, 0.15) is 18.4 Å². The number of rotatable bonds is 2. The number of allylic oxidation sites excluding steroid dienone is 3. The normalized spacial score (nSPS) is 16.6. The highest BCUT2D eigenvalue weighted by molar-refractivity contribution is 5.82. The van der Waals surface area contributed by atoms with Gasteiger partial charge in [-0.2, -0.15) is 0 Å². The molecule has 1 aromatic rings. The molecule has 20 heavy (non-hydrogen) atoms. The van der Waals surface area contributed by atoms with Crippen molar-refractivity contribution in [1.82, 2.24) is 14.0 Å². The Hall–Kier alpha value is -2.24. The van der Waals surface area contributed by atoms with Crippen molar-refractivity contribution in [3.8, 4) is 5.88 Å². The average molecular weight is 277 g/mol. The second-order valence-electron chi connectivity index (χ2n) is 5.18. The van der Waals surface area contributed by atoms with Gasteiger partial charge in [0.2, 0.25) is 5.88 Å². The maximum absolute atomic E-state index is 12.3. The van der Waals surface area contributed by atoms with E-state index in [1.165, 1.54) is 14.1 Å². The monoisotopic (exact) mass is 277 g/mol. The summed E-state index contributed by atoms with van der Waals surface area (Å²) in [6.07, 6.45) is 5.50. The predicted molar refractivity (Wildman–Crippen MR) is 77.6 cm³/mol. The van der Waals surface area contributed by atoms with E-state index in [-0.39, 0.29) is 11.4 Å². The number of nitrogens with zero attached hydrogens (tertiary/aromatic N) is 3. The van der Waals surface area contributed by atoms with Gasteiger partial charge in [0.25, 0.3) is 5.56 Å². The first-order chi connectivity index (χ1) is 9.34. The van der Waals surface area contributed by atoms with Crippen molar-refractivity contribution in [1.29, 1.82) is 0 Å². The Balaban J connectivity index is 2.72. The van der Waals surface area contributed by atoms with Crippen LogP contribution in [0.3, 0.4) is 0 Å². The molecule has 0 unspecified atom stereocenters. The quantitative estimate of drug-likeness (QED) is 0.850. The number of aromatic nitrogens is 2. The summed E-state index contributed by atoms with van der Waals surface area (Å²) in [4.78, 5) is 25.9. The van der Waals surface area contributed by atoms with Gasteiger partial charge in [-0.1, -0.05) is 6.08 Å². The fourth-order valence-corrected chi connectivity index (χ4v) is 2.42. The molecule has 1 heterocycles. The largest absolute Gasteiger partial charge is 0.494 e. The fraction of sp³-hybridized carbons (Fsp3) is 0.429. The molecule has 2 rings (SSSR count). The van der Waals surface area contributed by atoms with Crippen molar-refractivity contribution < 1.29 is 5.11 Å². The molecule has 1 aromatic heterocycles. The van der Waals surface area contributed by atoms with Gasteiger partial charge in [-0.05, 0) is 24.0 Å². The van der Waals surface area contributed by atoms with Gasteiger partial charge in [-0.25, -0.2) is 4.79 Å². The van der Waals surface area contributed by atoms with Crippen LogP contribution in [0.25, 0.3) is 5.57 Å². The van der Waals surface area contributed by atoms with E-state index in [2.05, 4.69) is 0 Å². The SMILES string of the molecule is CN(C)C=C1CCC=C1c1c(O)n(C)c(=O)n(C)c1=O. The Morgan fingerprint density at radius 1 is 1.25 bits per heavy atom. The van der Waals surface area contributed by atoms with E-state index in [1.807, 2.05) is 31.3 Å². The van der Waals surface area contributed by atoms with Crippen molar-refractivity contribution in [2.24, 2.45) is 14.1 Å². The van der Waals surface area contributed by atoms with Crippen molar-refractivity contribution in [3.05, 3.63) is 44.3 Å². The average Bonchev–Trinajstić information content (AvgIpc) is 2.82. The Labute approximate surface area is 116 Å². The Morgan fingerprint density at radius 2 is 1.90 bits per heavy atom. The third-order valence-corrected chi connectivity index (χ3v) is 3.43. The zero-order valence-corrected chi connectivity index (χ0v) is 12.2. The Kier molecular flexibility index (Phi) is 3.57. The van der Waals surface area contributed by atoms with E-state index in [4.69, 9.17) is 0 Å². The van der Waals surface area contributed by atoms with Crippen LogP contribution in [-0.4, -0.2) is 33.2 Å². The standard InChI is InChI=1S/C14H19N3O3/c1-15(2)8-9-6-5-7-10(9)11-12(18)16(3)14(20)17(4)13(11)19/h7-8,18H,5-6H2,1-4H3. The molecule has 0 spiro atoms. The van der Waals surface area contributed by atoms with E-state index in [0.717, 1.165) is 27.5 Å². The number of hydrogen-bond acceptors (Lipinski definition) is 4. The summed E-state index contributed by atoms with van der Waals surface area (Å²) >= 11 is 0. The van der Waals surface area contributed by atoms with E-state index < -0.39 is 11.2 Å². The van der Waals surface area contributed by atoms with E-state index in [9.17, 15) is 14.7 Å². The van der Waals surface area contributed by atoms with Gasteiger partial charge >= 0.3 is 5.69 Å². The molecular formula is C14H19N3O3. The van der Waals surface area contributed by atoms with E-state index in [0.29, 0.717) is 5.57 Å². The lowest BCUT2D eigenvalue weighted by molar-refractivity contribution is 0.409. The second kappa shape index (κ2) is 5.03. The zero-order valence-electron chi connectivity index (χ0n) is 12.2. The molecule has 0 fully saturated rings. The Bertz CT molecular complexity index is 720. The first kappa shape index (κ1) is 14.2. The lowest BCUT2D eigenvalue weighted by Gasteiger charge is -2.14. The van der Waals surface area contributed by atoms with Crippen LogP contribution >= 0.6 is 0 Å². The molecule has 1 aliphatic carbocycles. The number of aromatic hydroxyl groups is 1. The molecule has 0 amide bonds. The molecule has 6 nitrogen and oxygen atoms in total. The minimum atomic E-state index is -0.534. The lowest BCUT2D eigenvalue weighted by Crippen LogP contribution is -2.38. The van der Waals surface area contributed by atoms with Crippen molar-refractivity contribution in [2.75, 3.05) is 14.1 Å². The maximum Gasteiger partial charge on any atom is 0.333 e. The highest BCUT2D eigenvalue weighted by atomic mass is 16.3. The molecule has 108 valence electrons. The molecule has 1 aliphatic rings. The molecule has 1 N–H and O–H groups in total. The third-order valence-electron chi connectivity index (χ3n) is 3.43. The van der Waals surface area contributed by atoms with Gasteiger partial charge in [-0.3, -0.25) is 13.9 Å². The predicted octanol–water partition coefficient (Wildman–Crippen LogP) is 0.412. The van der Waals surface area contributed by atoms with Crippen LogP contribution in [-0.2, 0) is 14.1 Å². The smallest absolute Gasteiger partial charge is 0.333 e. The molecule has 0 aliphatic heterocycles. The first-order valence-corrected chi connectivity index (χ1v) is 6.41. The minimum absolute atomic E-state index is 0.195. The van der Waals surface area contributed by atoms with Crippen LogP contribution in [0.15, 0.2) is 27.4 Å². The molecule has 0 bridgehead atoms. The fourth-order valence-electron chi connectivity index (χ4n) is 2.42. The first-order valence-electron chi connectivity index (χ1n) is 6.41. The highest BCUT2D eigenvalue weighted by Crippen LogP contribution is 2.34. The molecule has 0 saturated heterocycles. The molecule has 0 radical (unpaired) electrons. The second-order valence-corrected chi connectivity index (χ2v) is 5.18. The minimum Gasteiger partial charge on any atom is -0.494 e. The summed E-state index contributed by atoms with van der Waals surface area (Å²) in [6, 6.07) is 0. The van der Waals surface area contributed by atoms with Gasteiger partial charge in [0.15, 0.2) is 0 Å². The van der Waals surface area contributed by atoms with Crippen LogP contribution in [0, 0.1) is 0 Å². The molecule has 0 aromatic carbocycles. The third kappa shape index (κ3) is 2.17. The van der Waals surface area contributed by atoms with Gasteiger partial charge < -0.3 is 10.0 Å². The summed E-state index contributed by atoms with van der Waals surface area (Å²) in [5.41, 5.74) is 0.894. The van der Waals surface area contributed by atoms with Crippen LogP contribution < -0.4 is 11.2 Å². The summed E-state index contributed by atoms with van der Waals surface area (Å²) in [7, 11) is 6.67. The summed E-state index contributed by atoms with van der Waals surface area (Å²) in [5.74, 6) is -0.282. The zero-order chi connectivity index (χ0) is 15.0. The highest BCUT2D eigenvalue weighted by Gasteiger charge is 2.23. The lowest BCUT2D eigenvalue weighted by atomic mass is 10.0. The summed E-state index contributed by atoms with van der Waals surface area (Å²) in [5, 5.41) is 10.2. The van der Waals surface area contributed by atoms with Crippen LogP contribution in [0.4, 0.5) is 0 Å². The topological polar surface area (TPSA) is 67.5 Å². The molecule has 0 saturated carbocycles. The molecule has 6 heteroatoms. The molecule has 0 atom stereocenters. The maximum atomic E-state index is 12.3. The summed E-state index contributed by atoms with van der Waals surface area (Å²) < 4.78 is 2.10. The molecular weight excluding hydrogens is 258 g/mol. The van der Waals surface area contributed by atoms with E-state index >= 15 is 0 Å². The number of hydrogen-bond donors (Lipinski definition) is 1. The van der Waals surface area contributed by atoms with Gasteiger partial charge in [0, 0.05) is 34.4 Å². The van der Waals surface area contributed by atoms with Gasteiger partial charge in [0.1, 0.15) is 5.56 Å². The van der Waals surface area contributed by atoms with Crippen LogP contribution in [0.5, 0.6) is 5.88 Å². The Morgan fingerprint density at radius 3 is 2.50 bits per heavy atom. The van der Waals surface area contributed by atoms with Crippen LogP contribution in [0.2, 0.25) is 0 Å². The van der Waals surface area contributed by atoms with Crippen molar-refractivity contribution in [2.45, 2.75) is 12.8 Å². The van der Waals surface area contributed by atoms with Crippen molar-refractivity contribution in [3.63, 3.8) is 0 Å². The summed E-state index contributed by atoms with van der Waals surface area (Å²) in [6.45, 7) is 0.